The molecule has 3 heteroatoms. The fourth-order valence-corrected chi connectivity index (χ4v) is 1.61. The van der Waals surface area contributed by atoms with Crippen LogP contribution in [0.2, 0.25) is 0 Å². The molecule has 0 saturated heterocycles. The van der Waals surface area contributed by atoms with Gasteiger partial charge in [0, 0.05) is 12.5 Å². The summed E-state index contributed by atoms with van der Waals surface area (Å²) < 4.78 is 12.6. The van der Waals surface area contributed by atoms with E-state index in [9.17, 15) is 9.18 Å². The average Bonchev–Trinajstić information content (AvgIpc) is 2.94. The zero-order valence-electron chi connectivity index (χ0n) is 8.66. The summed E-state index contributed by atoms with van der Waals surface area (Å²) in [5.74, 6) is 0.594. The Labute approximate surface area is 88.5 Å². The van der Waals surface area contributed by atoms with E-state index in [1.807, 2.05) is 0 Å². The van der Waals surface area contributed by atoms with Crippen LogP contribution in [0.15, 0.2) is 24.3 Å². The van der Waals surface area contributed by atoms with Gasteiger partial charge in [-0.25, -0.2) is 4.39 Å². The van der Waals surface area contributed by atoms with E-state index in [0.29, 0.717) is 12.5 Å². The van der Waals surface area contributed by atoms with Gasteiger partial charge in [0.2, 0.25) is 5.91 Å². The summed E-state index contributed by atoms with van der Waals surface area (Å²) in [6, 6.07) is 6.18. The molecule has 1 aliphatic carbocycles. The van der Waals surface area contributed by atoms with E-state index in [1.54, 1.807) is 12.1 Å². The van der Waals surface area contributed by atoms with Gasteiger partial charge in [0.25, 0.3) is 0 Å². The number of hydrogen-bond donors (Lipinski definition) is 1. The van der Waals surface area contributed by atoms with Gasteiger partial charge in [0.1, 0.15) is 5.82 Å². The number of carbonyl (C=O) groups excluding carboxylic acids is 1. The molecule has 1 amide bonds. The Morgan fingerprint density at radius 2 is 2.07 bits per heavy atom. The third kappa shape index (κ3) is 2.55. The van der Waals surface area contributed by atoms with E-state index in [-0.39, 0.29) is 17.6 Å². The summed E-state index contributed by atoms with van der Waals surface area (Å²) in [6.45, 7) is 2.56. The average molecular weight is 207 g/mol. The van der Waals surface area contributed by atoms with E-state index in [1.165, 1.54) is 12.1 Å². The van der Waals surface area contributed by atoms with E-state index in [4.69, 9.17) is 0 Å². The molecule has 0 heterocycles. The van der Waals surface area contributed by atoms with Crippen molar-refractivity contribution in [3.05, 3.63) is 35.6 Å². The smallest absolute Gasteiger partial charge is 0.223 e. The van der Waals surface area contributed by atoms with Gasteiger partial charge in [-0.15, -0.1) is 0 Å². The van der Waals surface area contributed by atoms with Crippen molar-refractivity contribution in [1.29, 1.82) is 0 Å². The van der Waals surface area contributed by atoms with E-state index in [0.717, 1.165) is 12.0 Å². The maximum Gasteiger partial charge on any atom is 0.223 e. The molecule has 1 fully saturated rings. The van der Waals surface area contributed by atoms with E-state index in [2.05, 4.69) is 12.2 Å². The van der Waals surface area contributed by atoms with Crippen LogP contribution in [0.25, 0.3) is 0 Å². The van der Waals surface area contributed by atoms with E-state index < -0.39 is 0 Å². The third-order valence-electron chi connectivity index (χ3n) is 2.83. The van der Waals surface area contributed by atoms with E-state index >= 15 is 0 Å². The molecule has 0 aliphatic heterocycles. The first-order valence-electron chi connectivity index (χ1n) is 5.19. The highest BCUT2D eigenvalue weighted by Gasteiger charge is 2.38. The van der Waals surface area contributed by atoms with Gasteiger partial charge in [0.05, 0.1) is 0 Å². The Balaban J connectivity index is 1.82. The zero-order chi connectivity index (χ0) is 10.8. The summed E-state index contributed by atoms with van der Waals surface area (Å²) in [5.41, 5.74) is 0.929. The van der Waals surface area contributed by atoms with Gasteiger partial charge < -0.3 is 5.32 Å². The monoisotopic (exact) mass is 207 g/mol. The minimum absolute atomic E-state index is 0.117. The number of benzene rings is 1. The van der Waals surface area contributed by atoms with Crippen molar-refractivity contribution in [2.45, 2.75) is 19.9 Å². The van der Waals surface area contributed by atoms with Gasteiger partial charge in [0.15, 0.2) is 0 Å². The molecule has 15 heavy (non-hydrogen) atoms. The van der Waals surface area contributed by atoms with Crippen molar-refractivity contribution in [1.82, 2.24) is 5.32 Å². The number of rotatable bonds is 3. The fourth-order valence-electron chi connectivity index (χ4n) is 1.61. The Hall–Kier alpha value is -1.38. The first kappa shape index (κ1) is 10.1. The molecule has 1 aromatic rings. The lowest BCUT2D eigenvalue weighted by atomic mass is 10.2. The van der Waals surface area contributed by atoms with Crippen LogP contribution in [-0.2, 0) is 11.3 Å². The second-order valence-electron chi connectivity index (χ2n) is 4.16. The normalized spacial score (nSPS) is 23.6. The Bertz CT molecular complexity index is 360. The Morgan fingerprint density at radius 3 is 2.60 bits per heavy atom. The quantitative estimate of drug-likeness (QED) is 0.808. The first-order valence-corrected chi connectivity index (χ1v) is 5.19. The molecule has 1 aliphatic rings. The van der Waals surface area contributed by atoms with Crippen LogP contribution in [0.5, 0.6) is 0 Å². The number of halogens is 1. The summed E-state index contributed by atoms with van der Waals surface area (Å²) in [5, 5.41) is 2.85. The van der Waals surface area contributed by atoms with Crippen LogP contribution in [0.3, 0.4) is 0 Å². The molecule has 80 valence electrons. The van der Waals surface area contributed by atoms with Crippen LogP contribution in [-0.4, -0.2) is 5.91 Å². The van der Waals surface area contributed by atoms with Crippen molar-refractivity contribution < 1.29 is 9.18 Å². The molecular formula is C12H14FNO. The minimum Gasteiger partial charge on any atom is -0.352 e. The lowest BCUT2D eigenvalue weighted by Crippen LogP contribution is -2.24. The van der Waals surface area contributed by atoms with Crippen molar-refractivity contribution in [3.8, 4) is 0 Å². The maximum atomic E-state index is 12.6. The Kier molecular flexibility index (Phi) is 2.71. The van der Waals surface area contributed by atoms with Crippen LogP contribution in [0, 0.1) is 17.7 Å². The Morgan fingerprint density at radius 1 is 1.47 bits per heavy atom. The number of amides is 1. The highest BCUT2D eigenvalue weighted by atomic mass is 19.1. The maximum absolute atomic E-state index is 12.6. The predicted molar refractivity (Wildman–Crippen MR) is 55.5 cm³/mol. The molecule has 0 bridgehead atoms. The number of carbonyl (C=O) groups is 1. The summed E-state index contributed by atoms with van der Waals surface area (Å²) in [7, 11) is 0. The lowest BCUT2D eigenvalue weighted by molar-refractivity contribution is -0.122. The molecule has 0 spiro atoms. The van der Waals surface area contributed by atoms with Gasteiger partial charge >= 0.3 is 0 Å². The molecule has 1 aromatic carbocycles. The van der Waals surface area contributed by atoms with Crippen molar-refractivity contribution in [3.63, 3.8) is 0 Å². The largest absolute Gasteiger partial charge is 0.352 e. The van der Waals surface area contributed by atoms with Crippen molar-refractivity contribution in [2.24, 2.45) is 11.8 Å². The first-order chi connectivity index (χ1) is 7.16. The molecule has 0 radical (unpaired) electrons. The highest BCUT2D eigenvalue weighted by molar-refractivity contribution is 5.81. The summed E-state index contributed by atoms with van der Waals surface area (Å²) in [6.07, 6.45) is 0.995. The molecular weight excluding hydrogens is 193 g/mol. The van der Waals surface area contributed by atoms with Gasteiger partial charge in [-0.2, -0.15) is 0 Å². The highest BCUT2D eigenvalue weighted by Crippen LogP contribution is 2.37. The molecule has 2 atom stereocenters. The lowest BCUT2D eigenvalue weighted by Gasteiger charge is -2.04. The molecule has 0 unspecified atom stereocenters. The predicted octanol–water partition coefficient (Wildman–Crippen LogP) is 2.10. The van der Waals surface area contributed by atoms with Crippen LogP contribution in [0.4, 0.5) is 4.39 Å². The van der Waals surface area contributed by atoms with Crippen molar-refractivity contribution >= 4 is 5.91 Å². The van der Waals surface area contributed by atoms with Gasteiger partial charge in [-0.1, -0.05) is 19.1 Å². The van der Waals surface area contributed by atoms with Gasteiger partial charge in [-0.05, 0) is 30.0 Å². The second kappa shape index (κ2) is 4.01. The standard InChI is InChI=1S/C12H14FNO/c1-8-6-11(8)12(15)14-7-9-2-4-10(13)5-3-9/h2-5,8,11H,6-7H2,1H3,(H,14,15)/t8-,11+/m0/s1. The molecule has 0 aromatic heterocycles. The topological polar surface area (TPSA) is 29.1 Å². The molecule has 1 saturated carbocycles. The number of nitrogens with one attached hydrogen (secondary N) is 1. The van der Waals surface area contributed by atoms with Crippen LogP contribution < -0.4 is 5.32 Å². The third-order valence-corrected chi connectivity index (χ3v) is 2.83. The number of hydrogen-bond acceptors (Lipinski definition) is 1. The molecule has 2 rings (SSSR count). The summed E-state index contributed by atoms with van der Waals surface area (Å²) >= 11 is 0. The summed E-state index contributed by atoms with van der Waals surface area (Å²) in [4.78, 5) is 11.5. The molecule has 2 nitrogen and oxygen atoms in total. The zero-order valence-corrected chi connectivity index (χ0v) is 8.66. The minimum atomic E-state index is -0.249. The second-order valence-corrected chi connectivity index (χ2v) is 4.16. The molecule has 1 N–H and O–H groups in total. The fraction of sp³-hybridized carbons (Fsp3) is 0.417. The van der Waals surface area contributed by atoms with Crippen LogP contribution >= 0.6 is 0 Å². The van der Waals surface area contributed by atoms with Crippen LogP contribution in [0.1, 0.15) is 18.9 Å². The SMILES string of the molecule is C[C@H]1C[C@H]1C(=O)NCc1ccc(F)cc1. The van der Waals surface area contributed by atoms with Gasteiger partial charge in [-0.3, -0.25) is 4.79 Å². The van der Waals surface area contributed by atoms with Crippen molar-refractivity contribution in [2.75, 3.05) is 0 Å².